The van der Waals surface area contributed by atoms with Crippen LogP contribution < -0.4 is 11.5 Å². The molecule has 4 rings (SSSR count). The number of rotatable bonds is 19. The van der Waals surface area contributed by atoms with Gasteiger partial charge in [-0.1, -0.05) is 91.2 Å². The van der Waals surface area contributed by atoms with Gasteiger partial charge in [-0.2, -0.15) is 0 Å². The van der Waals surface area contributed by atoms with Crippen molar-refractivity contribution in [1.29, 1.82) is 0 Å². The van der Waals surface area contributed by atoms with Crippen LogP contribution in [-0.2, 0) is 9.53 Å². The van der Waals surface area contributed by atoms with Crippen molar-refractivity contribution in [2.75, 3.05) is 32.7 Å². The molecule has 0 radical (unpaired) electrons. The van der Waals surface area contributed by atoms with Gasteiger partial charge in [-0.05, 0) is 137 Å². The summed E-state index contributed by atoms with van der Waals surface area (Å²) >= 11 is 0. The fraction of sp³-hybridized carbons (Fsp3) is 0.925. The van der Waals surface area contributed by atoms with E-state index in [9.17, 15) is 4.79 Å². The molecule has 3 saturated carbocycles. The van der Waals surface area contributed by atoms with Gasteiger partial charge >= 0.3 is 5.97 Å². The molecule has 8 atom stereocenters. The number of allylic oxidation sites excluding steroid dienone is 1. The molecule has 0 amide bonds. The molecule has 0 aromatic heterocycles. The fourth-order valence-corrected chi connectivity index (χ4v) is 10.9. The summed E-state index contributed by atoms with van der Waals surface area (Å²) in [7, 11) is 0. The van der Waals surface area contributed by atoms with Gasteiger partial charge in [0.1, 0.15) is 6.10 Å². The molecule has 0 saturated heterocycles. The van der Waals surface area contributed by atoms with E-state index in [2.05, 4.69) is 45.6 Å². The summed E-state index contributed by atoms with van der Waals surface area (Å²) in [5.74, 6) is 5.12. The normalized spacial score (nSPS) is 33.4. The standard InChI is InChI=1S/C40H73N3O2/c1-30(2)14-12-15-31(3)35-18-19-36-34-17-16-32-28-33(20-22-39(32,4)37(34)21-23-40(35,36)5)45-38(44)29-43(27-13-25-42)26-11-9-7-6-8-10-24-41/h16,30-31,33-37H,6-15,17-29,41-42H2,1-5H3/t31?,33-,34-,35+,36-,37-,39-,40+/m0/s1. The lowest BCUT2D eigenvalue weighted by atomic mass is 9.47. The topological polar surface area (TPSA) is 81.6 Å². The van der Waals surface area contributed by atoms with Crippen molar-refractivity contribution < 1.29 is 9.53 Å². The second-order valence-electron chi connectivity index (χ2n) is 17.0. The summed E-state index contributed by atoms with van der Waals surface area (Å²) in [6.07, 6.45) is 25.2. The van der Waals surface area contributed by atoms with Crippen molar-refractivity contribution >= 4 is 5.97 Å². The molecule has 5 heteroatoms. The van der Waals surface area contributed by atoms with Gasteiger partial charge in [-0.3, -0.25) is 9.69 Å². The molecule has 0 aromatic rings. The summed E-state index contributed by atoms with van der Waals surface area (Å²) in [5, 5.41) is 0. The molecule has 0 aliphatic heterocycles. The van der Waals surface area contributed by atoms with Crippen LogP contribution in [0.25, 0.3) is 0 Å². The highest BCUT2D eigenvalue weighted by atomic mass is 16.5. The van der Waals surface area contributed by atoms with Crippen molar-refractivity contribution in [2.45, 2.75) is 156 Å². The Kier molecular flexibility index (Phi) is 14.3. The molecule has 0 aromatic carbocycles. The highest BCUT2D eigenvalue weighted by Gasteiger charge is 2.59. The maximum atomic E-state index is 13.2. The number of hydrogen-bond acceptors (Lipinski definition) is 5. The van der Waals surface area contributed by atoms with E-state index in [1.165, 1.54) is 83.5 Å². The minimum atomic E-state index is -0.0363. The second-order valence-corrected chi connectivity index (χ2v) is 17.0. The van der Waals surface area contributed by atoms with Crippen LogP contribution in [0, 0.1) is 46.3 Å². The van der Waals surface area contributed by atoms with Crippen LogP contribution in [0.1, 0.15) is 150 Å². The number of nitrogens with two attached hydrogens (primary N) is 2. The second kappa shape index (κ2) is 17.5. The van der Waals surface area contributed by atoms with Crippen molar-refractivity contribution in [1.82, 2.24) is 4.90 Å². The van der Waals surface area contributed by atoms with Crippen molar-refractivity contribution in [3.8, 4) is 0 Å². The minimum absolute atomic E-state index is 0.0363. The Labute approximate surface area is 278 Å². The van der Waals surface area contributed by atoms with Crippen LogP contribution in [0.2, 0.25) is 0 Å². The van der Waals surface area contributed by atoms with Crippen LogP contribution in [0.4, 0.5) is 0 Å². The first-order chi connectivity index (χ1) is 21.6. The average molecular weight is 628 g/mol. The largest absolute Gasteiger partial charge is 0.461 e. The van der Waals surface area contributed by atoms with Crippen LogP contribution >= 0.6 is 0 Å². The third-order valence-electron chi connectivity index (χ3n) is 13.5. The summed E-state index contributed by atoms with van der Waals surface area (Å²) < 4.78 is 6.21. The quantitative estimate of drug-likeness (QED) is 0.0849. The molecule has 0 spiro atoms. The molecule has 3 fully saturated rings. The van der Waals surface area contributed by atoms with Crippen LogP contribution in [0.3, 0.4) is 0 Å². The maximum Gasteiger partial charge on any atom is 0.320 e. The highest BCUT2D eigenvalue weighted by molar-refractivity contribution is 5.72. The van der Waals surface area contributed by atoms with Gasteiger partial charge in [0.25, 0.3) is 0 Å². The van der Waals surface area contributed by atoms with E-state index < -0.39 is 0 Å². The lowest BCUT2D eigenvalue weighted by Gasteiger charge is -2.58. The molecule has 4 N–H and O–H groups in total. The first kappa shape index (κ1) is 36.9. The van der Waals surface area contributed by atoms with Gasteiger partial charge in [0.05, 0.1) is 6.54 Å². The number of ether oxygens (including phenoxy) is 1. The molecule has 4 aliphatic rings. The monoisotopic (exact) mass is 628 g/mol. The van der Waals surface area contributed by atoms with Gasteiger partial charge < -0.3 is 16.2 Å². The van der Waals surface area contributed by atoms with E-state index in [1.807, 2.05) is 0 Å². The minimum Gasteiger partial charge on any atom is -0.461 e. The smallest absolute Gasteiger partial charge is 0.320 e. The molecule has 5 nitrogen and oxygen atoms in total. The average Bonchev–Trinajstić information content (AvgIpc) is 3.36. The molecule has 0 heterocycles. The van der Waals surface area contributed by atoms with Crippen molar-refractivity contribution in [2.24, 2.45) is 57.8 Å². The Morgan fingerprint density at radius 1 is 0.867 bits per heavy atom. The number of hydrogen-bond donors (Lipinski definition) is 2. The van der Waals surface area contributed by atoms with Crippen LogP contribution in [-0.4, -0.2) is 49.7 Å². The number of nitrogens with zero attached hydrogens (tertiary/aromatic N) is 1. The Hall–Kier alpha value is -0.910. The van der Waals surface area contributed by atoms with E-state index in [-0.39, 0.29) is 12.1 Å². The third kappa shape index (κ3) is 9.38. The molecule has 45 heavy (non-hydrogen) atoms. The Morgan fingerprint density at radius 2 is 1.58 bits per heavy atom. The zero-order chi connectivity index (χ0) is 32.5. The van der Waals surface area contributed by atoms with E-state index in [1.54, 1.807) is 5.57 Å². The highest BCUT2D eigenvalue weighted by Crippen LogP contribution is 2.67. The Bertz CT molecular complexity index is 935. The van der Waals surface area contributed by atoms with Crippen LogP contribution in [0.15, 0.2) is 11.6 Å². The summed E-state index contributed by atoms with van der Waals surface area (Å²) in [6.45, 7) is 16.3. The van der Waals surface area contributed by atoms with Gasteiger partial charge in [-0.15, -0.1) is 0 Å². The molecular weight excluding hydrogens is 554 g/mol. The number of carbonyl (C=O) groups excluding carboxylic acids is 1. The summed E-state index contributed by atoms with van der Waals surface area (Å²) in [4.78, 5) is 15.5. The Balaban J connectivity index is 1.28. The first-order valence-electron chi connectivity index (χ1n) is 19.6. The predicted octanol–water partition coefficient (Wildman–Crippen LogP) is 8.89. The third-order valence-corrected chi connectivity index (χ3v) is 13.5. The molecule has 4 aliphatic carbocycles. The molecule has 1 unspecified atom stereocenters. The lowest BCUT2D eigenvalue weighted by molar-refractivity contribution is -0.152. The lowest BCUT2D eigenvalue weighted by Crippen LogP contribution is -2.51. The van der Waals surface area contributed by atoms with Gasteiger partial charge in [0.2, 0.25) is 0 Å². The first-order valence-corrected chi connectivity index (χ1v) is 19.6. The van der Waals surface area contributed by atoms with Gasteiger partial charge in [0, 0.05) is 6.42 Å². The molecule has 0 bridgehead atoms. The maximum absolute atomic E-state index is 13.2. The van der Waals surface area contributed by atoms with Gasteiger partial charge in [-0.25, -0.2) is 0 Å². The summed E-state index contributed by atoms with van der Waals surface area (Å²) in [5.41, 5.74) is 13.9. The van der Waals surface area contributed by atoms with E-state index in [0.717, 1.165) is 87.2 Å². The van der Waals surface area contributed by atoms with Crippen molar-refractivity contribution in [3.63, 3.8) is 0 Å². The van der Waals surface area contributed by atoms with E-state index in [4.69, 9.17) is 16.2 Å². The van der Waals surface area contributed by atoms with Gasteiger partial charge in [0.15, 0.2) is 0 Å². The molecular formula is C40H73N3O2. The number of carbonyl (C=O) groups is 1. The Morgan fingerprint density at radius 3 is 2.31 bits per heavy atom. The fourth-order valence-electron chi connectivity index (χ4n) is 10.9. The predicted molar refractivity (Wildman–Crippen MR) is 190 cm³/mol. The zero-order valence-corrected chi connectivity index (χ0v) is 30.3. The van der Waals surface area contributed by atoms with E-state index >= 15 is 0 Å². The zero-order valence-electron chi connectivity index (χ0n) is 30.3. The number of esters is 1. The number of unbranched alkanes of at least 4 members (excludes halogenated alkanes) is 5. The number of fused-ring (bicyclic) bond motifs is 5. The SMILES string of the molecule is CC(C)CCCC(C)[C@H]1CC[C@H]2[C@@H]3CC=C4C[C@@H](OC(=O)CN(CCCN)CCCCCCCCN)CC[C@]4(C)[C@H]3CC[C@]12C. The summed E-state index contributed by atoms with van der Waals surface area (Å²) in [6, 6.07) is 0. The van der Waals surface area contributed by atoms with Crippen molar-refractivity contribution in [3.05, 3.63) is 11.6 Å². The molecule has 260 valence electrons. The van der Waals surface area contributed by atoms with E-state index in [0.29, 0.717) is 23.9 Å². The van der Waals surface area contributed by atoms with Crippen LogP contribution in [0.5, 0.6) is 0 Å².